The number of sulfonamides is 1. The van der Waals surface area contributed by atoms with Crippen LogP contribution in [-0.2, 0) is 26.0 Å². The van der Waals surface area contributed by atoms with Gasteiger partial charge in [0.05, 0.1) is 11.6 Å². The summed E-state index contributed by atoms with van der Waals surface area (Å²) in [6, 6.07) is 21.8. The quantitative estimate of drug-likeness (QED) is 0.483. The molecule has 0 bridgehead atoms. The lowest BCUT2D eigenvalue weighted by Crippen LogP contribution is -2.57. The van der Waals surface area contributed by atoms with Gasteiger partial charge < -0.3 is 15.1 Å². The fourth-order valence-corrected chi connectivity index (χ4v) is 6.81. The van der Waals surface area contributed by atoms with Crippen LogP contribution in [0.4, 0.5) is 15.8 Å². The maximum Gasteiger partial charge on any atom is 0.250 e. The topological polar surface area (TPSA) is 90.0 Å². The number of nitrogens with zero attached hydrogens (tertiary/aromatic N) is 3. The highest BCUT2D eigenvalue weighted by molar-refractivity contribution is 7.89. The van der Waals surface area contributed by atoms with E-state index in [9.17, 15) is 22.4 Å². The van der Waals surface area contributed by atoms with E-state index >= 15 is 0 Å². The number of benzene rings is 3. The molecule has 2 aliphatic rings. The zero-order chi connectivity index (χ0) is 27.6. The van der Waals surface area contributed by atoms with E-state index in [1.165, 1.54) is 21.3 Å². The number of carbonyl (C=O) groups excluding carboxylic acids is 2. The molecule has 0 saturated carbocycles. The molecule has 2 heterocycles. The summed E-state index contributed by atoms with van der Waals surface area (Å²) in [6.45, 7) is 2.41. The lowest BCUT2D eigenvalue weighted by Gasteiger charge is -2.42. The number of carbonyl (C=O) groups is 2. The smallest absolute Gasteiger partial charge is 0.250 e. The molecule has 0 unspecified atom stereocenters. The van der Waals surface area contributed by atoms with Gasteiger partial charge in [0.1, 0.15) is 17.9 Å². The summed E-state index contributed by atoms with van der Waals surface area (Å²) >= 11 is 0. The van der Waals surface area contributed by atoms with Gasteiger partial charge in [0.25, 0.3) is 0 Å². The molecule has 0 atom stereocenters. The van der Waals surface area contributed by atoms with Crippen LogP contribution in [0.2, 0.25) is 0 Å². The number of hydrogen-bond acceptors (Lipinski definition) is 5. The molecule has 2 fully saturated rings. The summed E-state index contributed by atoms with van der Waals surface area (Å²) in [4.78, 5) is 30.3. The molecule has 0 aliphatic carbocycles. The van der Waals surface area contributed by atoms with E-state index in [2.05, 4.69) is 12.2 Å². The number of halogens is 1. The Kier molecular flexibility index (Phi) is 7.42. The number of amides is 2. The van der Waals surface area contributed by atoms with Crippen LogP contribution in [0.5, 0.6) is 0 Å². The van der Waals surface area contributed by atoms with Crippen molar-refractivity contribution >= 4 is 33.2 Å². The lowest BCUT2D eigenvalue weighted by molar-refractivity contribution is -0.136. The average molecular weight is 551 g/mol. The van der Waals surface area contributed by atoms with Gasteiger partial charge in [-0.2, -0.15) is 4.31 Å². The van der Waals surface area contributed by atoms with Crippen LogP contribution >= 0.6 is 0 Å². The highest BCUT2D eigenvalue weighted by Crippen LogP contribution is 2.40. The van der Waals surface area contributed by atoms with E-state index in [1.807, 2.05) is 59.5 Å². The summed E-state index contributed by atoms with van der Waals surface area (Å²) in [5, 5.41) is 2.87. The van der Waals surface area contributed by atoms with Gasteiger partial charge in [-0.25, -0.2) is 12.8 Å². The molecule has 5 rings (SSSR count). The van der Waals surface area contributed by atoms with Crippen molar-refractivity contribution in [1.82, 2.24) is 9.21 Å². The van der Waals surface area contributed by atoms with Crippen LogP contribution in [0.3, 0.4) is 0 Å². The van der Waals surface area contributed by atoms with Gasteiger partial charge in [-0.15, -0.1) is 0 Å². The molecule has 2 aliphatic heterocycles. The molecule has 39 heavy (non-hydrogen) atoms. The van der Waals surface area contributed by atoms with Crippen molar-refractivity contribution in [3.05, 3.63) is 90.2 Å². The molecule has 2 saturated heterocycles. The Labute approximate surface area is 228 Å². The van der Waals surface area contributed by atoms with Gasteiger partial charge in [0.15, 0.2) is 0 Å². The zero-order valence-corrected chi connectivity index (χ0v) is 22.5. The van der Waals surface area contributed by atoms with Crippen LogP contribution in [0.25, 0.3) is 0 Å². The fraction of sp³-hybridized carbons (Fsp3) is 0.310. The number of para-hydroxylation sites is 1. The van der Waals surface area contributed by atoms with Gasteiger partial charge in [0.2, 0.25) is 21.8 Å². The van der Waals surface area contributed by atoms with E-state index in [0.717, 1.165) is 29.8 Å². The van der Waals surface area contributed by atoms with Crippen molar-refractivity contribution in [2.24, 2.45) is 0 Å². The number of hydrogen-bond donors (Lipinski definition) is 1. The van der Waals surface area contributed by atoms with Crippen LogP contribution in [0.1, 0.15) is 25.3 Å². The van der Waals surface area contributed by atoms with Gasteiger partial charge in [-0.1, -0.05) is 37.3 Å². The predicted molar refractivity (Wildman–Crippen MR) is 147 cm³/mol. The van der Waals surface area contributed by atoms with Crippen LogP contribution in [0, 0.1) is 5.82 Å². The molecule has 1 N–H and O–H groups in total. The zero-order valence-electron chi connectivity index (χ0n) is 21.7. The van der Waals surface area contributed by atoms with Gasteiger partial charge in [-0.3, -0.25) is 9.59 Å². The summed E-state index contributed by atoms with van der Waals surface area (Å²) in [7, 11) is -3.84. The number of nitrogens with one attached hydrogen (secondary N) is 1. The first-order valence-corrected chi connectivity index (χ1v) is 14.4. The number of rotatable bonds is 7. The monoisotopic (exact) mass is 550 g/mol. The molecule has 3 aromatic rings. The Balaban J connectivity index is 1.34. The number of anilines is 2. The number of piperidine rings is 1. The minimum Gasteiger partial charge on any atom is -0.339 e. The molecule has 0 radical (unpaired) electrons. The maximum atomic E-state index is 13.9. The Hall–Kier alpha value is -3.76. The second-order valence-corrected chi connectivity index (χ2v) is 11.8. The Morgan fingerprint density at radius 3 is 2.21 bits per heavy atom. The third-order valence-corrected chi connectivity index (χ3v) is 9.48. The molecule has 10 heteroatoms. The van der Waals surface area contributed by atoms with Crippen molar-refractivity contribution in [1.29, 1.82) is 0 Å². The molecular weight excluding hydrogens is 519 g/mol. The molecule has 204 valence electrons. The van der Waals surface area contributed by atoms with Crippen molar-refractivity contribution in [3.63, 3.8) is 0 Å². The minimum atomic E-state index is -3.84. The fourth-order valence-electron chi connectivity index (χ4n) is 5.37. The van der Waals surface area contributed by atoms with Crippen molar-refractivity contribution < 1.29 is 22.4 Å². The van der Waals surface area contributed by atoms with E-state index in [1.54, 1.807) is 0 Å². The summed E-state index contributed by atoms with van der Waals surface area (Å²) in [5.41, 5.74) is 1.69. The Bertz CT molecular complexity index is 1440. The molecule has 8 nitrogen and oxygen atoms in total. The van der Waals surface area contributed by atoms with Gasteiger partial charge in [-0.05, 0) is 73.4 Å². The third kappa shape index (κ3) is 5.26. The van der Waals surface area contributed by atoms with Crippen molar-refractivity contribution in [2.75, 3.05) is 36.5 Å². The summed E-state index contributed by atoms with van der Waals surface area (Å²) < 4.78 is 41.1. The Morgan fingerprint density at radius 2 is 1.59 bits per heavy atom. The standard InChI is InChI=1S/C29H31FN4O4S/c1-2-22-8-12-24(13-9-22)31-27(35)20-32-21-34(25-6-4-3-5-7-25)29(28(32)36)16-18-33(19-17-29)39(37,38)26-14-10-23(30)11-15-26/h3-15H,2,16-21H2,1H3,(H,31,35). The van der Waals surface area contributed by atoms with Crippen LogP contribution in [-0.4, -0.2) is 61.3 Å². The molecule has 0 aromatic heterocycles. The normalized spacial score (nSPS) is 17.5. The minimum absolute atomic E-state index is 0.0165. The van der Waals surface area contributed by atoms with Gasteiger partial charge in [0, 0.05) is 24.5 Å². The largest absolute Gasteiger partial charge is 0.339 e. The molecule has 2 amide bonds. The average Bonchev–Trinajstić information content (AvgIpc) is 3.20. The van der Waals surface area contributed by atoms with Crippen LogP contribution in [0.15, 0.2) is 83.8 Å². The number of aryl methyl sites for hydroxylation is 1. The lowest BCUT2D eigenvalue weighted by atomic mass is 9.86. The molecule has 1 spiro atoms. The van der Waals surface area contributed by atoms with E-state index in [4.69, 9.17) is 0 Å². The molecule has 3 aromatic carbocycles. The third-order valence-electron chi connectivity index (χ3n) is 7.56. The highest BCUT2D eigenvalue weighted by atomic mass is 32.2. The van der Waals surface area contributed by atoms with E-state index in [0.29, 0.717) is 5.69 Å². The highest BCUT2D eigenvalue weighted by Gasteiger charge is 2.55. The SMILES string of the molecule is CCc1ccc(NC(=O)CN2CN(c3ccccc3)C3(CCN(S(=O)(=O)c4ccc(F)cc4)CC3)C2=O)cc1. The first kappa shape index (κ1) is 26.8. The van der Waals surface area contributed by atoms with E-state index < -0.39 is 21.4 Å². The summed E-state index contributed by atoms with van der Waals surface area (Å²) in [5.74, 6) is -1.00. The maximum absolute atomic E-state index is 13.9. The first-order chi connectivity index (χ1) is 18.7. The second kappa shape index (κ2) is 10.8. The van der Waals surface area contributed by atoms with Crippen molar-refractivity contribution in [3.8, 4) is 0 Å². The van der Waals surface area contributed by atoms with Crippen molar-refractivity contribution in [2.45, 2.75) is 36.6 Å². The Morgan fingerprint density at radius 1 is 0.949 bits per heavy atom. The first-order valence-electron chi connectivity index (χ1n) is 13.0. The van der Waals surface area contributed by atoms with Gasteiger partial charge >= 0.3 is 0 Å². The van der Waals surface area contributed by atoms with Crippen LogP contribution < -0.4 is 10.2 Å². The molecular formula is C29H31FN4O4S. The second-order valence-electron chi connectivity index (χ2n) is 9.90. The summed E-state index contributed by atoms with van der Waals surface area (Å²) in [6.07, 6.45) is 1.42. The van der Waals surface area contributed by atoms with E-state index in [-0.39, 0.29) is 55.9 Å². The predicted octanol–water partition coefficient (Wildman–Crippen LogP) is 3.86.